The highest BCUT2D eigenvalue weighted by Crippen LogP contribution is 2.66. The van der Waals surface area contributed by atoms with E-state index in [4.69, 9.17) is 20.3 Å². The lowest BCUT2D eigenvalue weighted by molar-refractivity contribution is -0.0535. The second kappa shape index (κ2) is 19.5. The summed E-state index contributed by atoms with van der Waals surface area (Å²) in [5, 5.41) is 18.5. The molecule has 1 fully saturated rings. The summed E-state index contributed by atoms with van der Waals surface area (Å²) in [4.78, 5) is 85.0. The molecule has 4 amide bonds. The smallest absolute Gasteiger partial charge is 0.390 e. The van der Waals surface area contributed by atoms with Crippen LogP contribution < -0.4 is 21.7 Å². The van der Waals surface area contributed by atoms with E-state index in [1.165, 1.54) is 24.4 Å². The van der Waals surface area contributed by atoms with Gasteiger partial charge in [0.2, 0.25) is 0 Å². The number of ether oxygens (including phenoxy) is 1. The SMILES string of the molecule is NC1NC(=O)N([C@H]2C[C@H](O)[C@@H](COP(=O)(O)OP(=O)(O)OP(=O)(O)O)O2)C=C1/C=C/CNC(=O)c1ccccc1C(=O)NCCCc1ccnc(-c2ccccn2)c1. The van der Waals surface area contributed by atoms with Crippen molar-refractivity contribution in [1.82, 2.24) is 30.8 Å². The number of nitrogens with two attached hydrogens (primary N) is 1. The average Bonchev–Trinajstić information content (AvgIpc) is 3.53. The molecule has 5 rings (SSSR count). The Morgan fingerprint density at radius 1 is 0.948 bits per heavy atom. The summed E-state index contributed by atoms with van der Waals surface area (Å²) in [6, 6.07) is 15.0. The van der Waals surface area contributed by atoms with Crippen molar-refractivity contribution < 1.29 is 70.6 Å². The molecule has 0 spiro atoms. The zero-order valence-corrected chi connectivity index (χ0v) is 32.9. The van der Waals surface area contributed by atoms with Gasteiger partial charge in [-0.15, -0.1) is 0 Å². The number of amides is 4. The number of benzene rings is 1. The third kappa shape index (κ3) is 13.0. The first-order valence-corrected chi connectivity index (χ1v) is 21.8. The maximum atomic E-state index is 13.1. The van der Waals surface area contributed by atoms with Gasteiger partial charge < -0.3 is 51.1 Å². The van der Waals surface area contributed by atoms with Crippen molar-refractivity contribution in [2.45, 2.75) is 43.9 Å². The maximum Gasteiger partial charge on any atom is 0.490 e. The molecular weight excluding hydrogens is 827 g/mol. The number of phosphoric ester groups is 1. The molecule has 2 aliphatic rings. The molecule has 22 nitrogen and oxygen atoms in total. The second-order valence-electron chi connectivity index (χ2n) is 12.6. The van der Waals surface area contributed by atoms with Gasteiger partial charge in [0.15, 0.2) is 0 Å². The van der Waals surface area contributed by atoms with Gasteiger partial charge in [0.05, 0.1) is 35.2 Å². The number of phosphoric acid groups is 3. The summed E-state index contributed by atoms with van der Waals surface area (Å²) < 4.78 is 51.9. The molecule has 4 heterocycles. The minimum Gasteiger partial charge on any atom is -0.390 e. The molecule has 0 radical (unpaired) electrons. The van der Waals surface area contributed by atoms with Crippen LogP contribution in [0.3, 0.4) is 0 Å². The van der Waals surface area contributed by atoms with Gasteiger partial charge in [-0.05, 0) is 54.8 Å². The zero-order valence-electron chi connectivity index (χ0n) is 30.2. The Bertz CT molecular complexity index is 2170. The molecule has 0 aliphatic carbocycles. The lowest BCUT2D eigenvalue weighted by Gasteiger charge is -2.32. The fraction of sp³-hybridized carbons (Fsp3) is 0.303. The highest BCUT2D eigenvalue weighted by atomic mass is 31.3. The van der Waals surface area contributed by atoms with E-state index in [9.17, 15) is 43.0 Å². The third-order valence-corrected chi connectivity index (χ3v) is 12.1. The molecule has 3 aromatic rings. The monoisotopic (exact) mass is 867 g/mol. The van der Waals surface area contributed by atoms with Gasteiger partial charge in [-0.3, -0.25) is 29.0 Å². The summed E-state index contributed by atoms with van der Waals surface area (Å²) >= 11 is 0. The minimum atomic E-state index is -5.76. The van der Waals surface area contributed by atoms with Crippen molar-refractivity contribution in [2.24, 2.45) is 5.73 Å². The molecule has 1 aromatic carbocycles. The van der Waals surface area contributed by atoms with Gasteiger partial charge in [0.25, 0.3) is 11.8 Å². The Morgan fingerprint density at radius 2 is 1.64 bits per heavy atom. The summed E-state index contributed by atoms with van der Waals surface area (Å²) in [7, 11) is -16.9. The molecule has 58 heavy (non-hydrogen) atoms. The van der Waals surface area contributed by atoms with E-state index >= 15 is 0 Å². The van der Waals surface area contributed by atoms with Gasteiger partial charge >= 0.3 is 29.5 Å². The maximum absolute atomic E-state index is 13.1. The zero-order chi connectivity index (χ0) is 42.1. The van der Waals surface area contributed by atoms with Crippen molar-refractivity contribution in [1.29, 1.82) is 0 Å². The van der Waals surface area contributed by atoms with Gasteiger partial charge in [-0.2, -0.15) is 8.62 Å². The van der Waals surface area contributed by atoms with E-state index < -0.39 is 72.5 Å². The first-order chi connectivity index (χ1) is 27.4. The van der Waals surface area contributed by atoms with E-state index in [-0.39, 0.29) is 24.1 Å². The van der Waals surface area contributed by atoms with Crippen LogP contribution in [0.4, 0.5) is 4.79 Å². The lowest BCUT2D eigenvalue weighted by atomic mass is 10.1. The van der Waals surface area contributed by atoms with E-state index in [2.05, 4.69) is 39.1 Å². The number of aliphatic hydroxyl groups excluding tert-OH is 1. The topological polar surface area (TPSA) is 332 Å². The van der Waals surface area contributed by atoms with Crippen LogP contribution in [0.2, 0.25) is 0 Å². The van der Waals surface area contributed by atoms with Crippen molar-refractivity contribution >= 4 is 41.3 Å². The number of aryl methyl sites for hydroxylation is 1. The Balaban J connectivity index is 1.11. The van der Waals surface area contributed by atoms with Crippen molar-refractivity contribution in [3.63, 3.8) is 0 Å². The number of hydrogen-bond donors (Lipinski definition) is 9. The van der Waals surface area contributed by atoms with Gasteiger partial charge in [0, 0.05) is 43.7 Å². The number of rotatable bonds is 18. The average molecular weight is 868 g/mol. The first kappa shape index (κ1) is 44.6. The molecule has 10 N–H and O–H groups in total. The fourth-order valence-corrected chi connectivity index (χ4v) is 8.68. The van der Waals surface area contributed by atoms with Crippen LogP contribution in [0.5, 0.6) is 0 Å². The minimum absolute atomic E-state index is 0.0134. The second-order valence-corrected chi connectivity index (χ2v) is 17.0. The normalized spacial score (nSPS) is 21.8. The van der Waals surface area contributed by atoms with Crippen LogP contribution in [-0.2, 0) is 38.0 Å². The van der Waals surface area contributed by atoms with E-state index in [1.54, 1.807) is 30.6 Å². The van der Waals surface area contributed by atoms with Crippen LogP contribution >= 0.6 is 23.5 Å². The Kier molecular flexibility index (Phi) is 15.0. The molecule has 312 valence electrons. The molecule has 6 atom stereocenters. The molecule has 0 saturated carbocycles. The number of carbonyl (C=O) groups is 3. The number of nitrogens with one attached hydrogen (secondary N) is 3. The predicted octanol–water partition coefficient (Wildman–Crippen LogP) is 1.81. The summed E-state index contributed by atoms with van der Waals surface area (Å²) in [5.41, 5.74) is 9.27. The quantitative estimate of drug-likeness (QED) is 0.0650. The third-order valence-electron chi connectivity index (χ3n) is 8.28. The largest absolute Gasteiger partial charge is 0.490 e. The van der Waals surface area contributed by atoms with Gasteiger partial charge in [0.1, 0.15) is 18.5 Å². The molecule has 2 aliphatic heterocycles. The van der Waals surface area contributed by atoms with Crippen molar-refractivity contribution in [2.75, 3.05) is 19.7 Å². The van der Waals surface area contributed by atoms with Crippen molar-refractivity contribution in [3.8, 4) is 11.4 Å². The number of carbonyl (C=O) groups excluding carboxylic acids is 3. The molecule has 1 saturated heterocycles. The number of nitrogens with zero attached hydrogens (tertiary/aromatic N) is 3. The summed E-state index contributed by atoms with van der Waals surface area (Å²) in [6.07, 6.45) is 3.92. The van der Waals surface area contributed by atoms with Crippen LogP contribution in [-0.4, -0.2) is 102 Å². The van der Waals surface area contributed by atoms with Crippen LogP contribution in [0.15, 0.2) is 90.9 Å². The van der Waals surface area contributed by atoms with Crippen molar-refractivity contribution in [3.05, 3.63) is 108 Å². The molecular formula is C33H40N7O15P3. The predicted molar refractivity (Wildman–Crippen MR) is 202 cm³/mol. The number of aromatic nitrogens is 2. The lowest BCUT2D eigenvalue weighted by Crippen LogP contribution is -2.54. The molecule has 3 unspecified atom stereocenters. The van der Waals surface area contributed by atoms with Gasteiger partial charge in [-0.1, -0.05) is 30.4 Å². The number of urea groups is 1. The Labute approximate surface area is 330 Å². The van der Waals surface area contributed by atoms with Gasteiger partial charge in [-0.25, -0.2) is 18.5 Å². The molecule has 25 heteroatoms. The van der Waals surface area contributed by atoms with Crippen LogP contribution in [0, 0.1) is 0 Å². The van der Waals surface area contributed by atoms with Crippen LogP contribution in [0.25, 0.3) is 11.4 Å². The summed E-state index contributed by atoms with van der Waals surface area (Å²) in [5.74, 6) is -0.948. The highest BCUT2D eigenvalue weighted by molar-refractivity contribution is 7.66. The number of pyridine rings is 2. The Hall–Kier alpha value is -4.50. The first-order valence-electron chi connectivity index (χ1n) is 17.3. The fourth-order valence-electron chi connectivity index (χ4n) is 5.65. The highest BCUT2D eigenvalue weighted by Gasteiger charge is 2.44. The van der Waals surface area contributed by atoms with E-state index in [0.29, 0.717) is 25.0 Å². The molecule has 2 aromatic heterocycles. The molecule has 0 bridgehead atoms. The van der Waals surface area contributed by atoms with E-state index in [1.807, 2.05) is 30.3 Å². The number of aliphatic hydroxyl groups is 1. The van der Waals surface area contributed by atoms with Crippen LogP contribution in [0.1, 0.15) is 39.1 Å². The Morgan fingerprint density at radius 3 is 2.33 bits per heavy atom. The van der Waals surface area contributed by atoms with E-state index in [0.717, 1.165) is 21.9 Å². The number of hydrogen-bond acceptors (Lipinski definition) is 14. The standard InChI is InChI=1S/C33H40N7O15P3/c34-30-22(19-40(33(44)39-30)29-18-27(41)28(53-29)20-52-57(48,49)55-58(50,51)54-56(45,46)47)8-6-15-38-32(43)24-10-2-1-9-23(24)31(42)37-14-5-7-21-12-16-36-26(17-21)25-11-3-4-13-35-25/h1-4,6,8-13,16-17,19,27-30,41H,5,7,14-15,18,20,34H2,(H,37,42)(H,38,43)(H,39,44)(H,48,49)(H,50,51)(H2,45,46,47)/b8-6+/t27-,28+,29+,30?/m0/s1. The summed E-state index contributed by atoms with van der Waals surface area (Å²) in [6.45, 7) is -0.589.